The molecule has 19 heavy (non-hydrogen) atoms. The SMILES string of the molecule is Cc1c(N)cccc1NC(=O)CCn1nccc1C. The highest BCUT2D eigenvalue weighted by Crippen LogP contribution is 2.20. The summed E-state index contributed by atoms with van der Waals surface area (Å²) >= 11 is 0. The predicted molar refractivity (Wildman–Crippen MR) is 75.8 cm³/mol. The molecule has 5 nitrogen and oxygen atoms in total. The lowest BCUT2D eigenvalue weighted by atomic mass is 10.1. The summed E-state index contributed by atoms with van der Waals surface area (Å²) in [6.45, 7) is 4.43. The van der Waals surface area contributed by atoms with E-state index in [1.54, 1.807) is 6.20 Å². The van der Waals surface area contributed by atoms with Crippen LogP contribution in [0.1, 0.15) is 17.7 Å². The molecule has 0 bridgehead atoms. The van der Waals surface area contributed by atoms with Crippen LogP contribution in [0.4, 0.5) is 11.4 Å². The average molecular weight is 258 g/mol. The highest BCUT2D eigenvalue weighted by Gasteiger charge is 2.07. The van der Waals surface area contributed by atoms with Crippen molar-refractivity contribution in [1.29, 1.82) is 0 Å². The number of carbonyl (C=O) groups excluding carboxylic acids is 1. The van der Waals surface area contributed by atoms with E-state index in [4.69, 9.17) is 5.73 Å². The molecule has 0 aliphatic rings. The molecule has 0 saturated carbocycles. The lowest BCUT2D eigenvalue weighted by molar-refractivity contribution is -0.116. The topological polar surface area (TPSA) is 72.9 Å². The van der Waals surface area contributed by atoms with E-state index < -0.39 is 0 Å². The molecule has 0 aliphatic carbocycles. The summed E-state index contributed by atoms with van der Waals surface area (Å²) in [6, 6.07) is 7.41. The maximum atomic E-state index is 11.9. The number of hydrogen-bond acceptors (Lipinski definition) is 3. The van der Waals surface area contributed by atoms with Gasteiger partial charge in [-0.05, 0) is 37.6 Å². The summed E-state index contributed by atoms with van der Waals surface area (Å²) in [5, 5.41) is 7.02. The molecule has 1 heterocycles. The Hall–Kier alpha value is -2.30. The largest absolute Gasteiger partial charge is 0.398 e. The zero-order valence-corrected chi connectivity index (χ0v) is 11.2. The molecule has 1 amide bonds. The molecule has 0 spiro atoms. The number of amides is 1. The van der Waals surface area contributed by atoms with E-state index in [1.807, 2.05) is 42.8 Å². The van der Waals surface area contributed by atoms with Gasteiger partial charge in [0.25, 0.3) is 0 Å². The minimum Gasteiger partial charge on any atom is -0.398 e. The average Bonchev–Trinajstić information content (AvgIpc) is 2.78. The lowest BCUT2D eigenvalue weighted by Crippen LogP contribution is -2.16. The first-order chi connectivity index (χ1) is 9.08. The number of rotatable bonds is 4. The Morgan fingerprint density at radius 3 is 2.84 bits per heavy atom. The van der Waals surface area contributed by atoms with Gasteiger partial charge in [0.05, 0.1) is 0 Å². The first kappa shape index (κ1) is 13.1. The lowest BCUT2D eigenvalue weighted by Gasteiger charge is -2.10. The molecule has 0 radical (unpaired) electrons. The van der Waals surface area contributed by atoms with Crippen molar-refractivity contribution in [3.8, 4) is 0 Å². The molecule has 0 fully saturated rings. The third-order valence-electron chi connectivity index (χ3n) is 3.13. The summed E-state index contributed by atoms with van der Waals surface area (Å²) in [5.74, 6) is -0.0383. The van der Waals surface area contributed by atoms with Gasteiger partial charge in [-0.25, -0.2) is 0 Å². The summed E-state index contributed by atoms with van der Waals surface area (Å²) in [5.41, 5.74) is 9.19. The number of aromatic nitrogens is 2. The molecule has 2 rings (SSSR count). The van der Waals surface area contributed by atoms with E-state index >= 15 is 0 Å². The standard InChI is InChI=1S/C14H18N4O/c1-10-6-8-16-18(10)9-7-14(19)17-13-5-3-4-12(15)11(13)2/h3-6,8H,7,9,15H2,1-2H3,(H,17,19). The third kappa shape index (κ3) is 3.13. The Morgan fingerprint density at radius 1 is 1.37 bits per heavy atom. The Bertz CT molecular complexity index is 589. The molecular formula is C14H18N4O. The molecular weight excluding hydrogens is 240 g/mol. The maximum Gasteiger partial charge on any atom is 0.226 e. The Balaban J connectivity index is 1.95. The van der Waals surface area contributed by atoms with Gasteiger partial charge < -0.3 is 11.1 Å². The van der Waals surface area contributed by atoms with Gasteiger partial charge in [-0.3, -0.25) is 9.48 Å². The molecule has 0 unspecified atom stereocenters. The van der Waals surface area contributed by atoms with E-state index in [0.29, 0.717) is 18.7 Å². The number of benzene rings is 1. The highest BCUT2D eigenvalue weighted by atomic mass is 16.1. The number of carbonyl (C=O) groups is 1. The van der Waals surface area contributed by atoms with Crippen LogP contribution in [-0.4, -0.2) is 15.7 Å². The molecule has 100 valence electrons. The van der Waals surface area contributed by atoms with Crippen LogP contribution < -0.4 is 11.1 Å². The predicted octanol–water partition coefficient (Wildman–Crippen LogP) is 2.11. The fourth-order valence-electron chi connectivity index (χ4n) is 1.84. The third-order valence-corrected chi connectivity index (χ3v) is 3.13. The van der Waals surface area contributed by atoms with Crippen molar-refractivity contribution in [1.82, 2.24) is 9.78 Å². The molecule has 1 aromatic carbocycles. The Morgan fingerprint density at radius 2 is 2.16 bits per heavy atom. The van der Waals surface area contributed by atoms with Gasteiger partial charge in [-0.2, -0.15) is 5.10 Å². The number of nitrogen functional groups attached to an aromatic ring is 1. The fraction of sp³-hybridized carbons (Fsp3) is 0.286. The molecule has 1 aromatic heterocycles. The minimum atomic E-state index is -0.0383. The number of aryl methyl sites for hydroxylation is 2. The summed E-state index contributed by atoms with van der Waals surface area (Å²) < 4.78 is 1.81. The smallest absolute Gasteiger partial charge is 0.226 e. The molecule has 2 aromatic rings. The minimum absolute atomic E-state index is 0.0383. The highest BCUT2D eigenvalue weighted by molar-refractivity contribution is 5.92. The van der Waals surface area contributed by atoms with E-state index in [0.717, 1.165) is 16.9 Å². The second-order valence-electron chi connectivity index (χ2n) is 4.51. The van der Waals surface area contributed by atoms with Gasteiger partial charge in [-0.1, -0.05) is 6.07 Å². The maximum absolute atomic E-state index is 11.9. The molecule has 0 aliphatic heterocycles. The van der Waals surface area contributed by atoms with E-state index in [-0.39, 0.29) is 5.91 Å². The molecule has 5 heteroatoms. The molecule has 3 N–H and O–H groups in total. The van der Waals surface area contributed by atoms with Gasteiger partial charge in [0.2, 0.25) is 5.91 Å². The second-order valence-corrected chi connectivity index (χ2v) is 4.51. The van der Waals surface area contributed by atoms with Gasteiger partial charge in [0.1, 0.15) is 0 Å². The molecule has 0 atom stereocenters. The van der Waals surface area contributed by atoms with Crippen LogP contribution in [0.15, 0.2) is 30.5 Å². The number of anilines is 2. The van der Waals surface area contributed by atoms with E-state index in [1.165, 1.54) is 0 Å². The zero-order valence-electron chi connectivity index (χ0n) is 11.2. The quantitative estimate of drug-likeness (QED) is 0.825. The first-order valence-electron chi connectivity index (χ1n) is 6.21. The number of nitrogens with one attached hydrogen (secondary N) is 1. The van der Waals surface area contributed by atoms with Gasteiger partial charge in [-0.15, -0.1) is 0 Å². The van der Waals surface area contributed by atoms with Crippen molar-refractivity contribution in [2.45, 2.75) is 26.8 Å². The van der Waals surface area contributed by atoms with Crippen molar-refractivity contribution in [2.24, 2.45) is 0 Å². The van der Waals surface area contributed by atoms with Crippen LogP contribution in [-0.2, 0) is 11.3 Å². The fourth-order valence-corrected chi connectivity index (χ4v) is 1.84. The summed E-state index contributed by atoms with van der Waals surface area (Å²) in [7, 11) is 0. The second kappa shape index (κ2) is 5.56. The van der Waals surface area contributed by atoms with Crippen molar-refractivity contribution in [3.05, 3.63) is 41.7 Å². The van der Waals surface area contributed by atoms with E-state index in [2.05, 4.69) is 10.4 Å². The normalized spacial score (nSPS) is 10.4. The Kier molecular flexibility index (Phi) is 3.85. The zero-order chi connectivity index (χ0) is 13.8. The number of nitrogens with two attached hydrogens (primary N) is 1. The van der Waals surface area contributed by atoms with Crippen molar-refractivity contribution in [3.63, 3.8) is 0 Å². The van der Waals surface area contributed by atoms with Crippen LogP contribution in [0.2, 0.25) is 0 Å². The van der Waals surface area contributed by atoms with Crippen molar-refractivity contribution < 1.29 is 4.79 Å². The summed E-state index contributed by atoms with van der Waals surface area (Å²) in [6.07, 6.45) is 2.12. The Labute approximate surface area is 112 Å². The first-order valence-corrected chi connectivity index (χ1v) is 6.21. The van der Waals surface area contributed by atoms with Crippen LogP contribution in [0.3, 0.4) is 0 Å². The van der Waals surface area contributed by atoms with E-state index in [9.17, 15) is 4.79 Å². The monoisotopic (exact) mass is 258 g/mol. The van der Waals surface area contributed by atoms with Gasteiger partial charge in [0.15, 0.2) is 0 Å². The van der Waals surface area contributed by atoms with Crippen molar-refractivity contribution >= 4 is 17.3 Å². The van der Waals surface area contributed by atoms with Crippen LogP contribution in [0, 0.1) is 13.8 Å². The van der Waals surface area contributed by atoms with Crippen LogP contribution in [0.25, 0.3) is 0 Å². The van der Waals surface area contributed by atoms with Crippen molar-refractivity contribution in [2.75, 3.05) is 11.1 Å². The summed E-state index contributed by atoms with van der Waals surface area (Å²) in [4.78, 5) is 11.9. The number of hydrogen-bond donors (Lipinski definition) is 2. The van der Waals surface area contributed by atoms with Crippen LogP contribution >= 0.6 is 0 Å². The van der Waals surface area contributed by atoms with Crippen LogP contribution in [0.5, 0.6) is 0 Å². The van der Waals surface area contributed by atoms with Gasteiger partial charge >= 0.3 is 0 Å². The molecule has 0 saturated heterocycles. The number of nitrogens with zero attached hydrogens (tertiary/aromatic N) is 2. The van der Waals surface area contributed by atoms with Gasteiger partial charge in [0, 0.05) is 36.2 Å².